The first-order chi connectivity index (χ1) is 6.99. The Bertz CT molecular complexity index is 265. The summed E-state index contributed by atoms with van der Waals surface area (Å²) in [6, 6.07) is 0.0478. The SMILES string of the molecule is CC(C)CC1CSC(NC(C)C(N)=O)=N1. The van der Waals surface area contributed by atoms with Gasteiger partial charge in [-0.1, -0.05) is 25.6 Å². The van der Waals surface area contributed by atoms with Crippen LogP contribution in [0.15, 0.2) is 4.99 Å². The van der Waals surface area contributed by atoms with E-state index >= 15 is 0 Å². The van der Waals surface area contributed by atoms with Crippen LogP contribution in [0.2, 0.25) is 0 Å². The highest BCUT2D eigenvalue weighted by molar-refractivity contribution is 8.14. The van der Waals surface area contributed by atoms with Crippen molar-refractivity contribution < 1.29 is 4.79 Å². The standard InChI is InChI=1S/C10H19N3OS/c1-6(2)4-8-5-15-10(13-8)12-7(3)9(11)14/h6-8H,4-5H2,1-3H3,(H2,11,14)(H,12,13). The lowest BCUT2D eigenvalue weighted by molar-refractivity contribution is -0.119. The Morgan fingerprint density at radius 3 is 2.87 bits per heavy atom. The van der Waals surface area contributed by atoms with Gasteiger partial charge >= 0.3 is 0 Å². The summed E-state index contributed by atoms with van der Waals surface area (Å²) in [4.78, 5) is 15.4. The second-order valence-corrected chi connectivity index (χ2v) is 5.31. The van der Waals surface area contributed by atoms with E-state index in [-0.39, 0.29) is 11.9 Å². The van der Waals surface area contributed by atoms with Gasteiger partial charge < -0.3 is 11.1 Å². The molecule has 1 aliphatic rings. The molecule has 0 spiro atoms. The third-order valence-corrected chi connectivity index (χ3v) is 3.27. The molecule has 15 heavy (non-hydrogen) atoms. The van der Waals surface area contributed by atoms with Crippen molar-refractivity contribution in [2.24, 2.45) is 16.6 Å². The van der Waals surface area contributed by atoms with E-state index in [0.717, 1.165) is 17.3 Å². The van der Waals surface area contributed by atoms with Crippen molar-refractivity contribution in [3.05, 3.63) is 0 Å². The van der Waals surface area contributed by atoms with Crippen LogP contribution in [0.25, 0.3) is 0 Å². The van der Waals surface area contributed by atoms with Crippen LogP contribution in [0.3, 0.4) is 0 Å². The van der Waals surface area contributed by atoms with E-state index in [9.17, 15) is 4.79 Å². The van der Waals surface area contributed by atoms with Gasteiger partial charge in [0.2, 0.25) is 5.91 Å². The fourth-order valence-corrected chi connectivity index (χ4v) is 2.46. The van der Waals surface area contributed by atoms with Crippen molar-refractivity contribution >= 4 is 22.8 Å². The number of carbonyl (C=O) groups is 1. The number of nitrogens with one attached hydrogen (secondary N) is 1. The molecule has 0 radical (unpaired) electrons. The van der Waals surface area contributed by atoms with Gasteiger partial charge in [0.15, 0.2) is 5.17 Å². The lowest BCUT2D eigenvalue weighted by Gasteiger charge is -2.10. The zero-order valence-electron chi connectivity index (χ0n) is 9.49. The molecular weight excluding hydrogens is 210 g/mol. The number of primary amides is 1. The molecule has 0 saturated carbocycles. The average Bonchev–Trinajstić information content (AvgIpc) is 2.51. The number of hydrogen-bond donors (Lipinski definition) is 2. The van der Waals surface area contributed by atoms with E-state index in [1.165, 1.54) is 0 Å². The monoisotopic (exact) mass is 229 g/mol. The van der Waals surface area contributed by atoms with Gasteiger partial charge in [-0.15, -0.1) is 0 Å². The average molecular weight is 229 g/mol. The molecule has 1 rings (SSSR count). The van der Waals surface area contributed by atoms with Crippen LogP contribution in [0.1, 0.15) is 27.2 Å². The van der Waals surface area contributed by atoms with Gasteiger partial charge in [-0.25, -0.2) is 0 Å². The largest absolute Gasteiger partial charge is 0.368 e. The summed E-state index contributed by atoms with van der Waals surface area (Å²) in [5, 5.41) is 3.87. The van der Waals surface area contributed by atoms with Gasteiger partial charge in [0.25, 0.3) is 0 Å². The lowest BCUT2D eigenvalue weighted by Crippen LogP contribution is -2.40. The third kappa shape index (κ3) is 4.11. The van der Waals surface area contributed by atoms with Gasteiger partial charge in [-0.3, -0.25) is 9.79 Å². The fourth-order valence-electron chi connectivity index (χ4n) is 1.42. The summed E-state index contributed by atoms with van der Waals surface area (Å²) in [7, 11) is 0. The molecule has 0 fully saturated rings. The first-order valence-corrected chi connectivity index (χ1v) is 6.24. The quantitative estimate of drug-likeness (QED) is 0.754. The Morgan fingerprint density at radius 2 is 2.33 bits per heavy atom. The van der Waals surface area contributed by atoms with Gasteiger partial charge in [0, 0.05) is 5.75 Å². The second-order valence-electron chi connectivity index (χ2n) is 4.30. The molecule has 1 amide bonds. The number of amides is 1. The molecule has 0 saturated heterocycles. The molecule has 0 aromatic carbocycles. The smallest absolute Gasteiger partial charge is 0.239 e. The number of rotatable bonds is 4. The minimum Gasteiger partial charge on any atom is -0.368 e. The number of nitrogens with two attached hydrogens (primary N) is 1. The molecule has 2 unspecified atom stereocenters. The van der Waals surface area contributed by atoms with Crippen molar-refractivity contribution in [2.75, 3.05) is 5.75 Å². The number of nitrogens with zero attached hydrogens (tertiary/aromatic N) is 1. The molecule has 4 nitrogen and oxygen atoms in total. The van der Waals surface area contributed by atoms with Crippen LogP contribution in [0, 0.1) is 5.92 Å². The highest BCUT2D eigenvalue weighted by Gasteiger charge is 2.21. The van der Waals surface area contributed by atoms with Gasteiger partial charge in [0.1, 0.15) is 6.04 Å². The Kier molecular flexibility index (Phi) is 4.45. The van der Waals surface area contributed by atoms with Crippen LogP contribution in [-0.4, -0.2) is 28.9 Å². The Hall–Kier alpha value is -0.710. The summed E-state index contributed by atoms with van der Waals surface area (Å²) >= 11 is 1.67. The molecule has 0 bridgehead atoms. The molecule has 0 aromatic rings. The van der Waals surface area contributed by atoms with Crippen LogP contribution < -0.4 is 11.1 Å². The summed E-state index contributed by atoms with van der Waals surface area (Å²) in [5.41, 5.74) is 5.16. The third-order valence-electron chi connectivity index (χ3n) is 2.22. The molecule has 2 atom stereocenters. The van der Waals surface area contributed by atoms with Crippen LogP contribution in [0.5, 0.6) is 0 Å². The molecule has 0 aromatic heterocycles. The number of hydrogen-bond acceptors (Lipinski definition) is 4. The van der Waals surface area contributed by atoms with E-state index in [0.29, 0.717) is 12.0 Å². The minimum atomic E-state index is -0.342. The molecule has 0 aliphatic carbocycles. The normalized spacial score (nSPS) is 22.7. The Balaban J connectivity index is 2.41. The zero-order chi connectivity index (χ0) is 11.4. The summed E-state index contributed by atoms with van der Waals surface area (Å²) in [6.07, 6.45) is 1.10. The van der Waals surface area contributed by atoms with Crippen molar-refractivity contribution in [2.45, 2.75) is 39.3 Å². The van der Waals surface area contributed by atoms with E-state index in [1.54, 1.807) is 18.7 Å². The van der Waals surface area contributed by atoms with E-state index < -0.39 is 0 Å². The molecule has 3 N–H and O–H groups in total. The van der Waals surface area contributed by atoms with Gasteiger partial charge in [0.05, 0.1) is 6.04 Å². The van der Waals surface area contributed by atoms with Gasteiger partial charge in [-0.05, 0) is 19.3 Å². The first-order valence-electron chi connectivity index (χ1n) is 5.25. The summed E-state index contributed by atoms with van der Waals surface area (Å²) in [6.45, 7) is 6.14. The first kappa shape index (κ1) is 12.4. The van der Waals surface area contributed by atoms with Crippen LogP contribution in [-0.2, 0) is 4.79 Å². The van der Waals surface area contributed by atoms with E-state index in [2.05, 4.69) is 24.2 Å². The Morgan fingerprint density at radius 1 is 1.67 bits per heavy atom. The summed E-state index contributed by atoms with van der Waals surface area (Å²) in [5.74, 6) is 1.32. The lowest BCUT2D eigenvalue weighted by atomic mass is 10.1. The highest BCUT2D eigenvalue weighted by Crippen LogP contribution is 2.21. The van der Waals surface area contributed by atoms with Crippen molar-refractivity contribution in [3.63, 3.8) is 0 Å². The predicted octanol–water partition coefficient (Wildman–Crippen LogP) is 0.967. The maximum atomic E-state index is 10.8. The number of aliphatic imine (C=N–C) groups is 1. The van der Waals surface area contributed by atoms with Crippen molar-refractivity contribution in [1.29, 1.82) is 0 Å². The molecule has 1 heterocycles. The fraction of sp³-hybridized carbons (Fsp3) is 0.800. The molecule has 86 valence electrons. The van der Waals surface area contributed by atoms with Crippen molar-refractivity contribution in [3.8, 4) is 0 Å². The highest BCUT2D eigenvalue weighted by atomic mass is 32.2. The maximum Gasteiger partial charge on any atom is 0.239 e. The number of amidine groups is 1. The summed E-state index contributed by atoms with van der Waals surface area (Å²) < 4.78 is 0. The topological polar surface area (TPSA) is 67.5 Å². The zero-order valence-corrected chi connectivity index (χ0v) is 10.3. The van der Waals surface area contributed by atoms with Crippen LogP contribution in [0.4, 0.5) is 0 Å². The van der Waals surface area contributed by atoms with Crippen molar-refractivity contribution in [1.82, 2.24) is 5.32 Å². The number of carbonyl (C=O) groups excluding carboxylic acids is 1. The minimum absolute atomic E-state index is 0.339. The predicted molar refractivity (Wildman–Crippen MR) is 64.9 cm³/mol. The molecular formula is C10H19N3OS. The number of thioether (sulfide) groups is 1. The van der Waals surface area contributed by atoms with E-state index in [1.807, 2.05) is 0 Å². The Labute approximate surface area is 95.1 Å². The van der Waals surface area contributed by atoms with E-state index in [4.69, 9.17) is 5.73 Å². The molecule has 5 heteroatoms. The molecule has 1 aliphatic heterocycles. The second kappa shape index (κ2) is 5.39. The van der Waals surface area contributed by atoms with Crippen LogP contribution >= 0.6 is 11.8 Å². The maximum absolute atomic E-state index is 10.8. The van der Waals surface area contributed by atoms with Gasteiger partial charge in [-0.2, -0.15) is 0 Å².